The van der Waals surface area contributed by atoms with E-state index in [1.54, 1.807) is 24.5 Å². The van der Waals surface area contributed by atoms with Crippen molar-refractivity contribution in [2.45, 2.75) is 71.1 Å². The molecule has 0 radical (unpaired) electrons. The largest absolute Gasteiger partial charge is 0.481 e. The van der Waals surface area contributed by atoms with Crippen molar-refractivity contribution in [3.63, 3.8) is 0 Å². The summed E-state index contributed by atoms with van der Waals surface area (Å²) in [5.74, 6) is -2.46. The van der Waals surface area contributed by atoms with E-state index < -0.39 is 11.9 Å². The third kappa shape index (κ3) is 9.86. The highest BCUT2D eigenvalue weighted by molar-refractivity contribution is 6.08. The molecule has 0 bridgehead atoms. The predicted octanol–water partition coefficient (Wildman–Crippen LogP) is 5.17. The molecule has 0 fully saturated rings. The van der Waals surface area contributed by atoms with Crippen LogP contribution in [0.4, 0.5) is 0 Å². The molecule has 1 aromatic carbocycles. The van der Waals surface area contributed by atoms with Crippen LogP contribution in [0.2, 0.25) is 0 Å². The maximum Gasteiger partial charge on any atom is 0.314 e. The number of nitrogens with one attached hydrogen (secondary N) is 2. The van der Waals surface area contributed by atoms with E-state index >= 15 is 0 Å². The van der Waals surface area contributed by atoms with E-state index in [1.807, 2.05) is 48.5 Å². The molecule has 0 saturated carbocycles. The number of benzene rings is 1. The number of carbonyl (C=O) groups excluding carboxylic acids is 1. The Balaban J connectivity index is 1.54. The summed E-state index contributed by atoms with van der Waals surface area (Å²) in [4.78, 5) is 33.8. The quantitative estimate of drug-likeness (QED) is 0.133. The van der Waals surface area contributed by atoms with Crippen molar-refractivity contribution in [2.24, 2.45) is 5.92 Å². The number of unbranched alkanes of at least 4 members (excludes halogenated alkanes) is 2. The normalized spacial score (nSPS) is 12.7. The maximum absolute atomic E-state index is 13.1. The van der Waals surface area contributed by atoms with E-state index in [0.29, 0.717) is 38.0 Å². The van der Waals surface area contributed by atoms with Gasteiger partial charge in [-0.1, -0.05) is 62.6 Å². The number of nitrogens with zero attached hydrogens (tertiary/aromatic N) is 2. The number of rotatable bonds is 17. The van der Waals surface area contributed by atoms with Crippen LogP contribution in [0.25, 0.3) is 0 Å². The van der Waals surface area contributed by atoms with Crippen molar-refractivity contribution in [1.82, 2.24) is 20.6 Å². The van der Waals surface area contributed by atoms with Gasteiger partial charge < -0.3 is 15.7 Å². The zero-order valence-electron chi connectivity index (χ0n) is 21.6. The lowest BCUT2D eigenvalue weighted by molar-refractivity contribution is -0.140. The molecule has 0 saturated heterocycles. The summed E-state index contributed by atoms with van der Waals surface area (Å²) in [6, 6.07) is 19.0. The third-order valence-electron chi connectivity index (χ3n) is 6.47. The smallest absolute Gasteiger partial charge is 0.314 e. The Kier molecular flexibility index (Phi) is 11.9. The molecule has 7 nitrogen and oxygen atoms in total. The van der Waals surface area contributed by atoms with Crippen LogP contribution in [0.5, 0.6) is 0 Å². The van der Waals surface area contributed by atoms with Crippen molar-refractivity contribution < 1.29 is 14.7 Å². The Morgan fingerprint density at radius 3 is 2.08 bits per heavy atom. The van der Waals surface area contributed by atoms with Crippen LogP contribution < -0.4 is 10.6 Å². The van der Waals surface area contributed by atoms with E-state index in [-0.39, 0.29) is 11.8 Å². The molecule has 2 atom stereocenters. The van der Waals surface area contributed by atoms with E-state index in [1.165, 1.54) is 0 Å². The average molecular weight is 503 g/mol. The van der Waals surface area contributed by atoms with Gasteiger partial charge in [-0.15, -0.1) is 0 Å². The minimum absolute atomic E-state index is 0.135. The summed E-state index contributed by atoms with van der Waals surface area (Å²) in [5, 5.41) is 16.7. The van der Waals surface area contributed by atoms with E-state index in [2.05, 4.69) is 27.5 Å². The highest BCUT2D eigenvalue weighted by Gasteiger charge is 2.28. The van der Waals surface area contributed by atoms with Crippen LogP contribution in [0.3, 0.4) is 0 Å². The molecule has 1 unspecified atom stereocenters. The Morgan fingerprint density at radius 1 is 0.811 bits per heavy atom. The maximum atomic E-state index is 13.1. The molecular weight excluding hydrogens is 464 g/mol. The Labute approximate surface area is 219 Å². The average Bonchev–Trinajstić information content (AvgIpc) is 2.93. The fourth-order valence-corrected chi connectivity index (χ4v) is 4.30. The van der Waals surface area contributed by atoms with Crippen LogP contribution in [0.15, 0.2) is 73.1 Å². The second-order valence-corrected chi connectivity index (χ2v) is 9.35. The molecule has 7 heteroatoms. The lowest BCUT2D eigenvalue weighted by atomic mass is 9.90. The van der Waals surface area contributed by atoms with Crippen LogP contribution in [0.1, 0.15) is 72.8 Å². The lowest BCUT2D eigenvalue weighted by Crippen LogP contribution is -2.32. The van der Waals surface area contributed by atoms with Gasteiger partial charge in [0.2, 0.25) is 0 Å². The first kappa shape index (κ1) is 28.2. The summed E-state index contributed by atoms with van der Waals surface area (Å²) in [7, 11) is 0. The second-order valence-electron chi connectivity index (χ2n) is 9.35. The number of hydrogen-bond acceptors (Lipinski definition) is 6. The van der Waals surface area contributed by atoms with Gasteiger partial charge in [0.15, 0.2) is 5.78 Å². The molecule has 3 rings (SSSR count). The lowest BCUT2D eigenvalue weighted by Gasteiger charge is -2.20. The number of carboxylic acid groups (broad SMARTS) is 1. The van der Waals surface area contributed by atoms with Crippen LogP contribution in [0, 0.1) is 5.92 Å². The molecule has 0 amide bonds. The molecular formula is C30H38N4O3. The number of pyridine rings is 2. The monoisotopic (exact) mass is 502 g/mol. The summed E-state index contributed by atoms with van der Waals surface area (Å²) in [6.07, 6.45) is 8.72. The molecule has 37 heavy (non-hydrogen) atoms. The van der Waals surface area contributed by atoms with Crippen molar-refractivity contribution in [2.75, 3.05) is 0 Å². The van der Waals surface area contributed by atoms with Gasteiger partial charge in [0.25, 0.3) is 0 Å². The zero-order valence-corrected chi connectivity index (χ0v) is 21.6. The molecule has 2 heterocycles. The first-order chi connectivity index (χ1) is 18.1. The predicted molar refractivity (Wildman–Crippen MR) is 145 cm³/mol. The van der Waals surface area contributed by atoms with Crippen molar-refractivity contribution in [3.8, 4) is 0 Å². The first-order valence-electron chi connectivity index (χ1n) is 13.2. The standard InChI is InChI=1S/C30H38N4O3/c1-2-3-4-9-25(34-22-27-11-6-8-19-33-27)16-17-28(30(36)37)29(35)24-14-12-23(13-15-24)20-31-21-26-10-5-7-18-32-26/h5-8,10-15,18-19,25,28,31,34H,2-4,9,16-17,20-22H2,1H3,(H,36,37)/t25-,28?/m0/s1. The van der Waals surface area contributed by atoms with E-state index in [0.717, 1.165) is 42.6 Å². The summed E-state index contributed by atoms with van der Waals surface area (Å²) in [6.45, 7) is 4.07. The number of hydrogen-bond donors (Lipinski definition) is 3. The number of carboxylic acids is 1. The minimum atomic E-state index is -1.07. The third-order valence-corrected chi connectivity index (χ3v) is 6.47. The van der Waals surface area contributed by atoms with Gasteiger partial charge in [0.05, 0.1) is 11.4 Å². The van der Waals surface area contributed by atoms with Crippen LogP contribution >= 0.6 is 0 Å². The summed E-state index contributed by atoms with van der Waals surface area (Å²) >= 11 is 0. The molecule has 196 valence electrons. The van der Waals surface area contributed by atoms with Crippen molar-refractivity contribution in [3.05, 3.63) is 95.6 Å². The molecule has 3 aromatic rings. The van der Waals surface area contributed by atoms with Gasteiger partial charge in [0.1, 0.15) is 5.92 Å². The van der Waals surface area contributed by atoms with Gasteiger partial charge in [-0.2, -0.15) is 0 Å². The SMILES string of the molecule is CCCCC[C@@H](CCC(C(=O)O)C(=O)c1ccc(CNCc2ccccn2)cc1)NCc1ccccn1. The number of Topliss-reactive ketones (excluding diaryl/α,β-unsaturated/α-hetero) is 1. The number of aromatic nitrogens is 2. The fourth-order valence-electron chi connectivity index (χ4n) is 4.30. The summed E-state index contributed by atoms with van der Waals surface area (Å²) in [5.41, 5.74) is 3.36. The minimum Gasteiger partial charge on any atom is -0.481 e. The molecule has 0 aliphatic heterocycles. The molecule has 0 spiro atoms. The highest BCUT2D eigenvalue weighted by atomic mass is 16.4. The molecule has 3 N–H and O–H groups in total. The van der Waals surface area contributed by atoms with Gasteiger partial charge in [-0.25, -0.2) is 0 Å². The second kappa shape index (κ2) is 15.6. The topological polar surface area (TPSA) is 104 Å². The first-order valence-corrected chi connectivity index (χ1v) is 13.2. The molecule has 0 aliphatic carbocycles. The Morgan fingerprint density at radius 2 is 1.49 bits per heavy atom. The fraction of sp³-hybridized carbons (Fsp3) is 0.400. The van der Waals surface area contributed by atoms with Gasteiger partial charge in [0, 0.05) is 43.6 Å². The van der Waals surface area contributed by atoms with Gasteiger partial charge in [-0.3, -0.25) is 19.6 Å². The number of carbonyl (C=O) groups is 2. The van der Waals surface area contributed by atoms with Crippen molar-refractivity contribution in [1.29, 1.82) is 0 Å². The van der Waals surface area contributed by atoms with Crippen molar-refractivity contribution >= 4 is 11.8 Å². The van der Waals surface area contributed by atoms with Crippen LogP contribution in [-0.2, 0) is 24.4 Å². The Hall–Kier alpha value is -3.42. The van der Waals surface area contributed by atoms with Gasteiger partial charge in [-0.05, 0) is 49.1 Å². The van der Waals surface area contributed by atoms with Gasteiger partial charge >= 0.3 is 5.97 Å². The van der Waals surface area contributed by atoms with E-state index in [4.69, 9.17) is 0 Å². The highest BCUT2D eigenvalue weighted by Crippen LogP contribution is 2.19. The van der Waals surface area contributed by atoms with Crippen LogP contribution in [-0.4, -0.2) is 32.9 Å². The molecule has 2 aromatic heterocycles. The van der Waals surface area contributed by atoms with E-state index in [9.17, 15) is 14.7 Å². The number of ketones is 1. The number of aliphatic carboxylic acids is 1. The molecule has 0 aliphatic rings. The summed E-state index contributed by atoms with van der Waals surface area (Å²) < 4.78 is 0. The Bertz CT molecular complexity index is 1080. The zero-order chi connectivity index (χ0) is 26.3.